The van der Waals surface area contributed by atoms with Gasteiger partial charge in [0.2, 0.25) is 0 Å². The zero-order chi connectivity index (χ0) is 19.5. The first-order chi connectivity index (χ1) is 13.7. The number of aromatic nitrogens is 1. The smallest absolute Gasteiger partial charge is 0.293 e. The number of para-hydroxylation sites is 1. The number of fused-ring (bicyclic) bond motifs is 1. The van der Waals surface area contributed by atoms with Crippen LogP contribution < -0.4 is 0 Å². The van der Waals surface area contributed by atoms with Gasteiger partial charge < -0.3 is 4.57 Å². The van der Waals surface area contributed by atoms with Gasteiger partial charge in [-0.05, 0) is 42.3 Å². The van der Waals surface area contributed by atoms with E-state index in [0.717, 1.165) is 46.8 Å². The molecule has 5 heteroatoms. The second-order valence-corrected chi connectivity index (χ2v) is 7.86. The van der Waals surface area contributed by atoms with Crippen LogP contribution in [-0.4, -0.2) is 27.2 Å². The lowest BCUT2D eigenvalue weighted by molar-refractivity contribution is -0.122. The summed E-state index contributed by atoms with van der Waals surface area (Å²) in [7, 11) is 0. The molecule has 28 heavy (non-hydrogen) atoms. The van der Waals surface area contributed by atoms with Gasteiger partial charge in [-0.25, -0.2) is 0 Å². The Morgan fingerprint density at radius 3 is 2.50 bits per heavy atom. The number of hydrogen-bond donors (Lipinski definition) is 0. The first-order valence-electron chi connectivity index (χ1n) is 9.54. The number of amides is 2. The molecule has 4 rings (SSSR count). The normalized spacial score (nSPS) is 15.9. The molecule has 2 amide bonds. The molecule has 1 aromatic heterocycles. The molecule has 0 aliphatic carbocycles. The van der Waals surface area contributed by atoms with Crippen molar-refractivity contribution in [2.45, 2.75) is 26.3 Å². The third-order valence-electron chi connectivity index (χ3n) is 4.91. The standard InChI is InChI=1S/C23H22N2O2S/c1-2-13-24-16-18(19-10-6-7-11-20(19)24)15-21-22(26)25(23(27)28-21)14-12-17-8-4-3-5-9-17/h3-11,15-16H,2,12-14H2,1H3/b21-15-. The van der Waals surface area contributed by atoms with E-state index in [9.17, 15) is 9.59 Å². The van der Waals surface area contributed by atoms with Gasteiger partial charge in [0.15, 0.2) is 0 Å². The van der Waals surface area contributed by atoms with E-state index >= 15 is 0 Å². The molecule has 0 unspecified atom stereocenters. The maximum absolute atomic E-state index is 12.8. The maximum atomic E-state index is 12.8. The first kappa shape index (κ1) is 18.6. The fraction of sp³-hybridized carbons (Fsp3) is 0.217. The Labute approximate surface area is 168 Å². The second kappa shape index (κ2) is 8.07. The number of hydrogen-bond acceptors (Lipinski definition) is 3. The van der Waals surface area contributed by atoms with Crippen LogP contribution in [0.2, 0.25) is 0 Å². The Balaban J connectivity index is 1.58. The quantitative estimate of drug-likeness (QED) is 0.534. The third-order valence-corrected chi connectivity index (χ3v) is 5.82. The molecule has 3 aromatic rings. The summed E-state index contributed by atoms with van der Waals surface area (Å²) >= 11 is 1.03. The van der Waals surface area contributed by atoms with E-state index in [-0.39, 0.29) is 11.1 Å². The zero-order valence-corrected chi connectivity index (χ0v) is 16.6. The van der Waals surface area contributed by atoms with E-state index < -0.39 is 0 Å². The molecule has 1 aliphatic rings. The number of carbonyl (C=O) groups excluding carboxylic acids is 2. The second-order valence-electron chi connectivity index (χ2n) is 6.86. The Hall–Kier alpha value is -2.79. The summed E-state index contributed by atoms with van der Waals surface area (Å²) in [6.07, 6.45) is 5.64. The van der Waals surface area contributed by atoms with Crippen molar-refractivity contribution in [1.29, 1.82) is 0 Å². The summed E-state index contributed by atoms with van der Waals surface area (Å²) < 4.78 is 2.21. The Morgan fingerprint density at radius 2 is 1.71 bits per heavy atom. The van der Waals surface area contributed by atoms with Crippen LogP contribution >= 0.6 is 11.8 Å². The van der Waals surface area contributed by atoms with Crippen molar-refractivity contribution >= 4 is 39.9 Å². The van der Waals surface area contributed by atoms with Crippen molar-refractivity contribution in [2.24, 2.45) is 0 Å². The molecule has 2 aromatic carbocycles. The van der Waals surface area contributed by atoms with Crippen LogP contribution in [0.4, 0.5) is 4.79 Å². The van der Waals surface area contributed by atoms with Crippen LogP contribution in [0.25, 0.3) is 17.0 Å². The molecule has 0 saturated carbocycles. The van der Waals surface area contributed by atoms with Crippen LogP contribution in [0, 0.1) is 0 Å². The topological polar surface area (TPSA) is 42.3 Å². The SMILES string of the molecule is CCCn1cc(/C=C2\SC(=O)N(CCc3ccccc3)C2=O)c2ccccc21. The number of imide groups is 1. The monoisotopic (exact) mass is 390 g/mol. The van der Waals surface area contributed by atoms with Crippen LogP contribution in [0.1, 0.15) is 24.5 Å². The van der Waals surface area contributed by atoms with Crippen molar-refractivity contribution in [3.8, 4) is 0 Å². The van der Waals surface area contributed by atoms with E-state index in [1.54, 1.807) is 0 Å². The van der Waals surface area contributed by atoms with Crippen LogP contribution in [-0.2, 0) is 17.8 Å². The van der Waals surface area contributed by atoms with Gasteiger partial charge in [-0.2, -0.15) is 0 Å². The summed E-state index contributed by atoms with van der Waals surface area (Å²) in [4.78, 5) is 27.1. The number of benzene rings is 2. The molecule has 1 saturated heterocycles. The lowest BCUT2D eigenvalue weighted by Crippen LogP contribution is -2.30. The Bertz CT molecular complexity index is 1050. The highest BCUT2D eigenvalue weighted by Crippen LogP contribution is 2.34. The van der Waals surface area contributed by atoms with Gasteiger partial charge in [-0.3, -0.25) is 14.5 Å². The summed E-state index contributed by atoms with van der Waals surface area (Å²) in [5.41, 5.74) is 3.25. The molecule has 0 radical (unpaired) electrons. The molecule has 1 fully saturated rings. The highest BCUT2D eigenvalue weighted by Gasteiger charge is 2.34. The minimum atomic E-state index is -0.196. The van der Waals surface area contributed by atoms with Crippen molar-refractivity contribution in [3.05, 3.63) is 76.8 Å². The van der Waals surface area contributed by atoms with Gasteiger partial charge in [-0.15, -0.1) is 0 Å². The number of carbonyl (C=O) groups is 2. The highest BCUT2D eigenvalue weighted by molar-refractivity contribution is 8.18. The molecular weight excluding hydrogens is 368 g/mol. The summed E-state index contributed by atoms with van der Waals surface area (Å²) in [6.45, 7) is 3.48. The van der Waals surface area contributed by atoms with E-state index in [2.05, 4.69) is 29.8 Å². The average Bonchev–Trinajstić information content (AvgIpc) is 3.19. The molecular formula is C23H22N2O2S. The van der Waals surface area contributed by atoms with E-state index in [1.165, 1.54) is 4.90 Å². The summed E-state index contributed by atoms with van der Waals surface area (Å²) in [6, 6.07) is 18.1. The van der Waals surface area contributed by atoms with Gasteiger partial charge in [-0.1, -0.05) is 55.5 Å². The largest absolute Gasteiger partial charge is 0.347 e. The van der Waals surface area contributed by atoms with Crippen molar-refractivity contribution < 1.29 is 9.59 Å². The van der Waals surface area contributed by atoms with E-state index in [1.807, 2.05) is 48.5 Å². The average molecular weight is 391 g/mol. The van der Waals surface area contributed by atoms with Gasteiger partial charge >= 0.3 is 0 Å². The maximum Gasteiger partial charge on any atom is 0.293 e. The lowest BCUT2D eigenvalue weighted by atomic mass is 10.1. The fourth-order valence-electron chi connectivity index (χ4n) is 3.54. The summed E-state index contributed by atoms with van der Waals surface area (Å²) in [5, 5.41) is 0.913. The molecule has 1 aliphatic heterocycles. The molecule has 2 heterocycles. The van der Waals surface area contributed by atoms with Crippen LogP contribution in [0.5, 0.6) is 0 Å². The molecule has 0 bridgehead atoms. The van der Waals surface area contributed by atoms with Gasteiger partial charge in [0.25, 0.3) is 11.1 Å². The van der Waals surface area contributed by atoms with Crippen molar-refractivity contribution in [3.63, 3.8) is 0 Å². The van der Waals surface area contributed by atoms with Gasteiger partial charge in [0.05, 0.1) is 4.91 Å². The number of nitrogens with zero attached hydrogens (tertiary/aromatic N) is 2. The number of aryl methyl sites for hydroxylation is 1. The molecule has 4 nitrogen and oxygen atoms in total. The minimum absolute atomic E-state index is 0.190. The zero-order valence-electron chi connectivity index (χ0n) is 15.8. The molecule has 0 atom stereocenters. The van der Waals surface area contributed by atoms with E-state index in [0.29, 0.717) is 17.9 Å². The first-order valence-corrected chi connectivity index (χ1v) is 10.4. The van der Waals surface area contributed by atoms with Gasteiger partial charge in [0.1, 0.15) is 0 Å². The lowest BCUT2D eigenvalue weighted by Gasteiger charge is -2.12. The number of thioether (sulfide) groups is 1. The molecule has 0 N–H and O–H groups in total. The predicted octanol–water partition coefficient (Wildman–Crippen LogP) is 5.33. The van der Waals surface area contributed by atoms with E-state index in [4.69, 9.17) is 0 Å². The highest BCUT2D eigenvalue weighted by atomic mass is 32.2. The predicted molar refractivity (Wildman–Crippen MR) is 115 cm³/mol. The molecule has 0 spiro atoms. The summed E-state index contributed by atoms with van der Waals surface area (Å²) in [5.74, 6) is -0.196. The fourth-order valence-corrected chi connectivity index (χ4v) is 4.39. The van der Waals surface area contributed by atoms with Gasteiger partial charge in [0, 0.05) is 35.8 Å². The van der Waals surface area contributed by atoms with Crippen LogP contribution in [0.15, 0.2) is 65.7 Å². The minimum Gasteiger partial charge on any atom is -0.347 e. The molecule has 142 valence electrons. The van der Waals surface area contributed by atoms with Crippen LogP contribution in [0.3, 0.4) is 0 Å². The number of rotatable bonds is 6. The third kappa shape index (κ3) is 3.62. The van der Waals surface area contributed by atoms with Crippen molar-refractivity contribution in [1.82, 2.24) is 9.47 Å². The van der Waals surface area contributed by atoms with Crippen molar-refractivity contribution in [2.75, 3.05) is 6.54 Å². The Morgan fingerprint density at radius 1 is 0.964 bits per heavy atom. The Kier molecular flexibility index (Phi) is 5.35.